The average molecular weight is 366 g/mol. The first-order chi connectivity index (χ1) is 12.6. The third-order valence-corrected chi connectivity index (χ3v) is 5.43. The van der Waals surface area contributed by atoms with E-state index in [1.165, 1.54) is 5.56 Å². The normalized spacial score (nSPS) is 32.3. The maximum absolute atomic E-state index is 14.1. The maximum atomic E-state index is 14.1. The predicted octanol–water partition coefficient (Wildman–Crippen LogP) is 4.82. The van der Waals surface area contributed by atoms with Gasteiger partial charge in [-0.3, -0.25) is 0 Å². The molecule has 0 spiro atoms. The van der Waals surface area contributed by atoms with Crippen molar-refractivity contribution in [2.45, 2.75) is 64.0 Å². The van der Waals surface area contributed by atoms with Gasteiger partial charge >= 0.3 is 0 Å². The molecular weight excluding hydrogens is 335 g/mol. The van der Waals surface area contributed by atoms with Crippen molar-refractivity contribution in [1.82, 2.24) is 0 Å². The summed E-state index contributed by atoms with van der Waals surface area (Å²) in [6, 6.07) is 8.20. The molecule has 2 unspecified atom stereocenters. The first kappa shape index (κ1) is 19.6. The van der Waals surface area contributed by atoms with Gasteiger partial charge < -0.3 is 18.9 Å². The van der Waals surface area contributed by atoms with E-state index in [4.69, 9.17) is 18.9 Å². The van der Waals surface area contributed by atoms with Crippen molar-refractivity contribution in [3.8, 4) is 5.75 Å². The minimum absolute atomic E-state index is 0.148. The fourth-order valence-corrected chi connectivity index (χ4v) is 3.56. The minimum Gasteiger partial charge on any atom is -0.494 e. The number of halogens is 1. The van der Waals surface area contributed by atoms with Gasteiger partial charge in [-0.05, 0) is 62.6 Å². The summed E-state index contributed by atoms with van der Waals surface area (Å²) in [4.78, 5) is 0. The van der Waals surface area contributed by atoms with Gasteiger partial charge in [-0.25, -0.2) is 4.39 Å². The van der Waals surface area contributed by atoms with Crippen LogP contribution in [0.2, 0.25) is 0 Å². The monoisotopic (exact) mass is 366 g/mol. The van der Waals surface area contributed by atoms with Crippen LogP contribution in [-0.2, 0) is 14.2 Å². The van der Waals surface area contributed by atoms with E-state index >= 15 is 0 Å². The Hall–Kier alpha value is -1.17. The van der Waals surface area contributed by atoms with E-state index < -0.39 is 5.67 Å². The van der Waals surface area contributed by atoms with E-state index in [1.54, 1.807) is 0 Å². The van der Waals surface area contributed by atoms with E-state index in [0.29, 0.717) is 18.9 Å². The van der Waals surface area contributed by atoms with Crippen LogP contribution in [0.3, 0.4) is 0 Å². The zero-order chi connectivity index (χ0) is 18.4. The Balaban J connectivity index is 1.37. The molecule has 2 saturated heterocycles. The first-order valence-corrected chi connectivity index (χ1v) is 9.88. The summed E-state index contributed by atoms with van der Waals surface area (Å²) in [5, 5.41) is 0. The molecular formula is C21H31FO4. The number of benzene rings is 1. The van der Waals surface area contributed by atoms with E-state index in [-0.39, 0.29) is 25.6 Å². The molecule has 1 aromatic rings. The van der Waals surface area contributed by atoms with Crippen molar-refractivity contribution < 1.29 is 23.3 Å². The van der Waals surface area contributed by atoms with Crippen molar-refractivity contribution in [2.24, 2.45) is 5.92 Å². The maximum Gasteiger partial charge on any atom is 0.157 e. The largest absolute Gasteiger partial charge is 0.494 e. The average Bonchev–Trinajstić information content (AvgIpc) is 2.69. The van der Waals surface area contributed by atoms with Crippen molar-refractivity contribution in [3.05, 3.63) is 29.8 Å². The lowest BCUT2D eigenvalue weighted by atomic mass is 9.91. The number of hydrogen-bond acceptors (Lipinski definition) is 4. The number of alkyl halides is 1. The predicted molar refractivity (Wildman–Crippen MR) is 98.1 cm³/mol. The fraction of sp³-hybridized carbons (Fsp3) is 0.714. The Labute approximate surface area is 156 Å². The van der Waals surface area contributed by atoms with E-state index in [1.807, 2.05) is 26.0 Å². The van der Waals surface area contributed by atoms with Gasteiger partial charge in [-0.2, -0.15) is 0 Å². The number of rotatable bonds is 7. The lowest BCUT2D eigenvalue weighted by molar-refractivity contribution is -0.237. The topological polar surface area (TPSA) is 36.9 Å². The van der Waals surface area contributed by atoms with Crippen molar-refractivity contribution in [3.63, 3.8) is 0 Å². The standard InChI is InChI=1S/C21H31FO4/c1-3-21(22)14-25-20(26-15-21)12-6-16-5-11-19(24-13-16)17-7-9-18(10-8-17)23-4-2/h7-10,16,19-20H,3-6,11-15H2,1-2H3. The highest BCUT2D eigenvalue weighted by Crippen LogP contribution is 2.34. The summed E-state index contributed by atoms with van der Waals surface area (Å²) in [7, 11) is 0. The quantitative estimate of drug-likeness (QED) is 0.693. The first-order valence-electron chi connectivity index (χ1n) is 9.88. The highest BCUT2D eigenvalue weighted by atomic mass is 19.1. The Morgan fingerprint density at radius 3 is 2.35 bits per heavy atom. The smallest absolute Gasteiger partial charge is 0.157 e. The molecule has 4 nitrogen and oxygen atoms in total. The summed E-state index contributed by atoms with van der Waals surface area (Å²) in [6.45, 7) is 5.55. The van der Waals surface area contributed by atoms with Crippen molar-refractivity contribution >= 4 is 0 Å². The molecule has 5 heteroatoms. The van der Waals surface area contributed by atoms with Crippen LogP contribution in [0.4, 0.5) is 4.39 Å². The highest BCUT2D eigenvalue weighted by molar-refractivity contribution is 5.28. The zero-order valence-corrected chi connectivity index (χ0v) is 15.9. The van der Waals surface area contributed by atoms with Crippen LogP contribution in [-0.4, -0.2) is 38.4 Å². The van der Waals surface area contributed by atoms with Crippen LogP contribution in [0.1, 0.15) is 57.6 Å². The Kier molecular flexibility index (Phi) is 6.90. The summed E-state index contributed by atoms with van der Waals surface area (Å²) >= 11 is 0. The van der Waals surface area contributed by atoms with Gasteiger partial charge in [0.05, 0.1) is 32.5 Å². The third kappa shape index (κ3) is 5.18. The lowest BCUT2D eigenvalue weighted by Gasteiger charge is -2.35. The molecule has 2 atom stereocenters. The van der Waals surface area contributed by atoms with Crippen LogP contribution >= 0.6 is 0 Å². The molecule has 2 fully saturated rings. The molecule has 0 radical (unpaired) electrons. The van der Waals surface area contributed by atoms with Crippen molar-refractivity contribution in [1.29, 1.82) is 0 Å². The second-order valence-corrected chi connectivity index (χ2v) is 7.40. The summed E-state index contributed by atoms with van der Waals surface area (Å²) in [6.07, 6.45) is 4.28. The van der Waals surface area contributed by atoms with Crippen LogP contribution in [0.15, 0.2) is 24.3 Å². The van der Waals surface area contributed by atoms with E-state index in [0.717, 1.165) is 38.0 Å². The van der Waals surface area contributed by atoms with E-state index in [2.05, 4.69) is 12.1 Å². The molecule has 146 valence electrons. The van der Waals surface area contributed by atoms with Crippen LogP contribution in [0.25, 0.3) is 0 Å². The Morgan fingerprint density at radius 2 is 1.77 bits per heavy atom. The third-order valence-electron chi connectivity index (χ3n) is 5.43. The Morgan fingerprint density at radius 1 is 1.04 bits per heavy atom. The van der Waals surface area contributed by atoms with Crippen molar-refractivity contribution in [2.75, 3.05) is 26.4 Å². The zero-order valence-electron chi connectivity index (χ0n) is 15.9. The van der Waals surface area contributed by atoms with Gasteiger partial charge in [0, 0.05) is 0 Å². The number of ether oxygens (including phenoxy) is 4. The molecule has 2 aliphatic heterocycles. The van der Waals surface area contributed by atoms with E-state index in [9.17, 15) is 4.39 Å². The fourth-order valence-electron chi connectivity index (χ4n) is 3.56. The molecule has 0 amide bonds. The molecule has 0 N–H and O–H groups in total. The van der Waals surface area contributed by atoms with Gasteiger partial charge in [-0.15, -0.1) is 0 Å². The minimum atomic E-state index is -1.31. The van der Waals surface area contributed by atoms with Gasteiger partial charge in [0.1, 0.15) is 5.75 Å². The molecule has 0 saturated carbocycles. The summed E-state index contributed by atoms with van der Waals surface area (Å²) in [5.41, 5.74) is -0.0974. The highest BCUT2D eigenvalue weighted by Gasteiger charge is 2.35. The second-order valence-electron chi connectivity index (χ2n) is 7.40. The molecule has 0 bridgehead atoms. The molecule has 1 aromatic carbocycles. The van der Waals surface area contributed by atoms with Gasteiger partial charge in [0.25, 0.3) is 0 Å². The molecule has 3 rings (SSSR count). The molecule has 0 aliphatic carbocycles. The molecule has 2 heterocycles. The van der Waals surface area contributed by atoms with Crippen LogP contribution in [0, 0.1) is 5.92 Å². The SMILES string of the molecule is CCOc1ccc(C2CCC(CCC3OCC(F)(CC)CO3)CO2)cc1. The number of hydrogen-bond donors (Lipinski definition) is 0. The lowest BCUT2D eigenvalue weighted by Crippen LogP contribution is -2.43. The van der Waals surface area contributed by atoms with Crippen LogP contribution in [0.5, 0.6) is 5.75 Å². The molecule has 0 aromatic heterocycles. The van der Waals surface area contributed by atoms with Crippen LogP contribution < -0.4 is 4.74 Å². The summed E-state index contributed by atoms with van der Waals surface area (Å²) in [5.74, 6) is 1.42. The van der Waals surface area contributed by atoms with Gasteiger partial charge in [0.2, 0.25) is 0 Å². The molecule has 26 heavy (non-hydrogen) atoms. The molecule has 2 aliphatic rings. The second kappa shape index (κ2) is 9.16. The summed E-state index contributed by atoms with van der Waals surface area (Å²) < 4.78 is 36.7. The van der Waals surface area contributed by atoms with Gasteiger partial charge in [0.15, 0.2) is 12.0 Å². The Bertz CT molecular complexity index is 531. The van der Waals surface area contributed by atoms with Gasteiger partial charge in [-0.1, -0.05) is 19.1 Å².